The lowest BCUT2D eigenvalue weighted by molar-refractivity contribution is -0.384. The van der Waals surface area contributed by atoms with Crippen molar-refractivity contribution in [1.29, 1.82) is 0 Å². The lowest BCUT2D eigenvalue weighted by atomic mass is 10.1. The zero-order valence-corrected chi connectivity index (χ0v) is 10.5. The summed E-state index contributed by atoms with van der Waals surface area (Å²) < 4.78 is 5.19. The van der Waals surface area contributed by atoms with Gasteiger partial charge >= 0.3 is 0 Å². The van der Waals surface area contributed by atoms with Gasteiger partial charge in [-0.05, 0) is 6.07 Å². The van der Waals surface area contributed by atoms with E-state index >= 15 is 0 Å². The Morgan fingerprint density at radius 2 is 2.15 bits per heavy atom. The van der Waals surface area contributed by atoms with Crippen molar-refractivity contribution in [3.05, 3.63) is 34.0 Å². The van der Waals surface area contributed by atoms with E-state index in [1.54, 1.807) is 11.0 Å². The number of carbonyl (C=O) groups is 1. The summed E-state index contributed by atoms with van der Waals surface area (Å²) in [5.41, 5.74) is 0.757. The number of rotatable bonds is 2. The number of hydrogen-bond donors (Lipinski definition) is 1. The Kier molecular flexibility index (Phi) is 3.07. The first-order valence-corrected chi connectivity index (χ1v) is 6.16. The summed E-state index contributed by atoms with van der Waals surface area (Å²) in [6, 6.07) is 4.30. The third-order valence-electron chi connectivity index (χ3n) is 3.26. The highest BCUT2D eigenvalue weighted by Crippen LogP contribution is 2.23. The van der Waals surface area contributed by atoms with Gasteiger partial charge in [0, 0.05) is 30.6 Å². The van der Waals surface area contributed by atoms with E-state index in [2.05, 4.69) is 10.2 Å². The number of benzene rings is 1. The Balaban J connectivity index is 2.00. The zero-order chi connectivity index (χ0) is 14.1. The number of ether oxygens (including phenoxy) is 1. The van der Waals surface area contributed by atoms with Crippen LogP contribution >= 0.6 is 0 Å². The predicted molar refractivity (Wildman–Crippen MR) is 69.5 cm³/mol. The van der Waals surface area contributed by atoms with E-state index in [1.165, 1.54) is 12.1 Å². The maximum Gasteiger partial charge on any atom is 0.275 e. The van der Waals surface area contributed by atoms with Crippen molar-refractivity contribution in [2.75, 3.05) is 26.3 Å². The molecule has 8 nitrogen and oxygen atoms in total. The number of aromatic amines is 1. The van der Waals surface area contributed by atoms with Crippen molar-refractivity contribution in [2.24, 2.45) is 0 Å². The molecule has 1 fully saturated rings. The van der Waals surface area contributed by atoms with Crippen LogP contribution in [0.4, 0.5) is 5.69 Å². The summed E-state index contributed by atoms with van der Waals surface area (Å²) >= 11 is 0. The Labute approximate surface area is 113 Å². The second-order valence-corrected chi connectivity index (χ2v) is 4.46. The van der Waals surface area contributed by atoms with E-state index in [0.717, 1.165) is 0 Å². The van der Waals surface area contributed by atoms with E-state index in [9.17, 15) is 14.9 Å². The molecular formula is C12H12N4O4. The van der Waals surface area contributed by atoms with Crippen LogP contribution in [0.5, 0.6) is 0 Å². The largest absolute Gasteiger partial charge is 0.378 e. The lowest BCUT2D eigenvalue weighted by Gasteiger charge is -2.26. The minimum absolute atomic E-state index is 0.0603. The molecular weight excluding hydrogens is 264 g/mol. The van der Waals surface area contributed by atoms with Crippen molar-refractivity contribution in [2.45, 2.75) is 0 Å². The smallest absolute Gasteiger partial charge is 0.275 e. The topological polar surface area (TPSA) is 101 Å². The molecule has 20 heavy (non-hydrogen) atoms. The number of H-pyrrole nitrogens is 1. The highest BCUT2D eigenvalue weighted by Gasteiger charge is 2.23. The second-order valence-electron chi connectivity index (χ2n) is 4.46. The quantitative estimate of drug-likeness (QED) is 0.649. The highest BCUT2D eigenvalue weighted by molar-refractivity contribution is 6.05. The number of morpholine rings is 1. The predicted octanol–water partition coefficient (Wildman–Crippen LogP) is 0.944. The molecule has 1 N–H and O–H groups in total. The zero-order valence-electron chi connectivity index (χ0n) is 10.5. The number of nitro groups is 1. The number of nitro benzene ring substituents is 1. The summed E-state index contributed by atoms with van der Waals surface area (Å²) in [6.07, 6.45) is 0. The number of carbonyl (C=O) groups excluding carboxylic acids is 1. The van der Waals surface area contributed by atoms with Gasteiger partial charge in [0.15, 0.2) is 5.69 Å². The van der Waals surface area contributed by atoms with Crippen LogP contribution < -0.4 is 0 Å². The Bertz CT molecular complexity index is 675. The second kappa shape index (κ2) is 4.89. The molecule has 0 aliphatic carbocycles. The monoisotopic (exact) mass is 276 g/mol. The fourth-order valence-corrected chi connectivity index (χ4v) is 2.19. The van der Waals surface area contributed by atoms with Crippen LogP contribution in [0.3, 0.4) is 0 Å². The molecule has 0 bridgehead atoms. The van der Waals surface area contributed by atoms with Gasteiger partial charge < -0.3 is 9.64 Å². The Hall–Kier alpha value is -2.48. The van der Waals surface area contributed by atoms with Crippen molar-refractivity contribution in [3.8, 4) is 0 Å². The third kappa shape index (κ3) is 2.10. The standard InChI is InChI=1S/C12H12N4O4/c17-12(15-3-5-20-6-4-15)11-9-7-8(16(18)19)1-2-10(9)13-14-11/h1-2,7H,3-6H2,(H,13,14). The molecule has 2 aromatic rings. The number of amides is 1. The van der Waals surface area contributed by atoms with E-state index < -0.39 is 4.92 Å². The molecule has 1 aliphatic heterocycles. The normalized spacial score (nSPS) is 15.5. The van der Waals surface area contributed by atoms with E-state index in [4.69, 9.17) is 4.74 Å². The van der Waals surface area contributed by atoms with Crippen LogP contribution in [-0.4, -0.2) is 52.2 Å². The van der Waals surface area contributed by atoms with E-state index in [0.29, 0.717) is 37.2 Å². The first-order chi connectivity index (χ1) is 9.66. The van der Waals surface area contributed by atoms with Crippen molar-refractivity contribution >= 4 is 22.5 Å². The summed E-state index contributed by atoms with van der Waals surface area (Å²) in [5.74, 6) is -0.236. The molecule has 0 spiro atoms. The number of non-ortho nitro benzene ring substituents is 1. The van der Waals surface area contributed by atoms with Crippen LogP contribution in [0.2, 0.25) is 0 Å². The fourth-order valence-electron chi connectivity index (χ4n) is 2.19. The summed E-state index contributed by atoms with van der Waals surface area (Å²) in [5, 5.41) is 18.0. The first-order valence-electron chi connectivity index (χ1n) is 6.16. The SMILES string of the molecule is O=C(c1n[nH]c2ccc([N+](=O)[O-])cc12)N1CCOCC1. The summed E-state index contributed by atoms with van der Waals surface area (Å²) in [7, 11) is 0. The van der Waals surface area contributed by atoms with Crippen LogP contribution in [0.1, 0.15) is 10.5 Å². The van der Waals surface area contributed by atoms with E-state index in [-0.39, 0.29) is 17.3 Å². The van der Waals surface area contributed by atoms with Crippen molar-refractivity contribution in [3.63, 3.8) is 0 Å². The number of nitrogens with zero attached hydrogens (tertiary/aromatic N) is 3. The van der Waals surface area contributed by atoms with Crippen molar-refractivity contribution < 1.29 is 14.5 Å². The molecule has 0 radical (unpaired) electrons. The molecule has 0 saturated carbocycles. The van der Waals surface area contributed by atoms with Gasteiger partial charge in [-0.3, -0.25) is 20.0 Å². The van der Waals surface area contributed by atoms with Gasteiger partial charge in [-0.25, -0.2) is 0 Å². The first kappa shape index (κ1) is 12.5. The molecule has 3 rings (SSSR count). The number of nitrogens with one attached hydrogen (secondary N) is 1. The minimum Gasteiger partial charge on any atom is -0.378 e. The average Bonchev–Trinajstić information content (AvgIpc) is 2.90. The molecule has 1 aromatic heterocycles. The van der Waals surface area contributed by atoms with Gasteiger partial charge in [-0.2, -0.15) is 5.10 Å². The maximum atomic E-state index is 12.4. The molecule has 104 valence electrons. The van der Waals surface area contributed by atoms with Gasteiger partial charge in [0.05, 0.1) is 23.7 Å². The van der Waals surface area contributed by atoms with Gasteiger partial charge in [-0.15, -0.1) is 0 Å². The Morgan fingerprint density at radius 1 is 1.40 bits per heavy atom. The van der Waals surface area contributed by atoms with Gasteiger partial charge in [0.2, 0.25) is 0 Å². The molecule has 1 amide bonds. The molecule has 8 heteroatoms. The Morgan fingerprint density at radius 3 is 2.85 bits per heavy atom. The average molecular weight is 276 g/mol. The molecule has 1 aliphatic rings. The lowest BCUT2D eigenvalue weighted by Crippen LogP contribution is -2.40. The van der Waals surface area contributed by atoms with E-state index in [1.807, 2.05) is 0 Å². The molecule has 0 atom stereocenters. The van der Waals surface area contributed by atoms with Crippen molar-refractivity contribution in [1.82, 2.24) is 15.1 Å². The van der Waals surface area contributed by atoms with Gasteiger partial charge in [0.25, 0.3) is 11.6 Å². The minimum atomic E-state index is -0.491. The number of aromatic nitrogens is 2. The number of fused-ring (bicyclic) bond motifs is 1. The fraction of sp³-hybridized carbons (Fsp3) is 0.333. The maximum absolute atomic E-state index is 12.4. The number of hydrogen-bond acceptors (Lipinski definition) is 5. The van der Waals surface area contributed by atoms with Gasteiger partial charge in [0.1, 0.15) is 0 Å². The van der Waals surface area contributed by atoms with Crippen LogP contribution in [0.25, 0.3) is 10.9 Å². The molecule has 0 unspecified atom stereocenters. The summed E-state index contributed by atoms with van der Waals surface area (Å²) in [6.45, 7) is 1.99. The molecule has 1 aromatic carbocycles. The third-order valence-corrected chi connectivity index (χ3v) is 3.26. The van der Waals surface area contributed by atoms with Gasteiger partial charge in [-0.1, -0.05) is 0 Å². The molecule has 2 heterocycles. The van der Waals surface area contributed by atoms with Crippen LogP contribution in [0.15, 0.2) is 18.2 Å². The molecule has 1 saturated heterocycles. The van der Waals surface area contributed by atoms with Crippen LogP contribution in [-0.2, 0) is 4.74 Å². The summed E-state index contributed by atoms with van der Waals surface area (Å²) in [4.78, 5) is 24.3. The van der Waals surface area contributed by atoms with Crippen LogP contribution in [0, 0.1) is 10.1 Å². The highest BCUT2D eigenvalue weighted by atomic mass is 16.6.